The van der Waals surface area contributed by atoms with E-state index < -0.39 is 0 Å². The summed E-state index contributed by atoms with van der Waals surface area (Å²) in [5.74, 6) is 0.852. The molecular formula is C20H26N4O. The first-order chi connectivity index (χ1) is 12.0. The van der Waals surface area contributed by atoms with Crippen molar-refractivity contribution in [1.82, 2.24) is 15.3 Å². The van der Waals surface area contributed by atoms with E-state index in [1.54, 1.807) is 0 Å². The number of rotatable bonds is 4. The SMILES string of the molecule is Cc1ccc(-c2cnc(N3CCCC(C(=O)NC(C)C)C3)nc2)cc1. The fourth-order valence-electron chi connectivity index (χ4n) is 3.15. The highest BCUT2D eigenvalue weighted by atomic mass is 16.2. The van der Waals surface area contributed by atoms with Gasteiger partial charge in [0.25, 0.3) is 0 Å². The average Bonchev–Trinajstić information content (AvgIpc) is 2.62. The van der Waals surface area contributed by atoms with Crippen molar-refractivity contribution in [3.63, 3.8) is 0 Å². The number of hydrogen-bond donors (Lipinski definition) is 1. The molecule has 1 aromatic carbocycles. The maximum Gasteiger partial charge on any atom is 0.225 e. The number of amides is 1. The van der Waals surface area contributed by atoms with Crippen LogP contribution in [-0.4, -0.2) is 35.0 Å². The van der Waals surface area contributed by atoms with Gasteiger partial charge in [0.1, 0.15) is 0 Å². The molecule has 1 aliphatic rings. The second-order valence-corrected chi connectivity index (χ2v) is 7.09. The van der Waals surface area contributed by atoms with Gasteiger partial charge in [-0.3, -0.25) is 4.79 Å². The molecule has 0 radical (unpaired) electrons. The molecule has 2 aromatic rings. The summed E-state index contributed by atoms with van der Waals surface area (Å²) in [5.41, 5.74) is 3.36. The van der Waals surface area contributed by atoms with Crippen LogP contribution in [0.4, 0.5) is 5.95 Å². The van der Waals surface area contributed by atoms with Crippen LogP contribution in [0.1, 0.15) is 32.3 Å². The van der Waals surface area contributed by atoms with Crippen LogP contribution in [0.25, 0.3) is 11.1 Å². The van der Waals surface area contributed by atoms with Crippen molar-refractivity contribution in [1.29, 1.82) is 0 Å². The van der Waals surface area contributed by atoms with Crippen molar-refractivity contribution in [2.45, 2.75) is 39.7 Å². The normalized spacial score (nSPS) is 17.6. The molecule has 1 amide bonds. The van der Waals surface area contributed by atoms with Crippen LogP contribution >= 0.6 is 0 Å². The van der Waals surface area contributed by atoms with Gasteiger partial charge >= 0.3 is 0 Å². The second-order valence-electron chi connectivity index (χ2n) is 7.09. The predicted molar refractivity (Wildman–Crippen MR) is 100 cm³/mol. The predicted octanol–water partition coefficient (Wildman–Crippen LogP) is 3.19. The molecule has 1 aromatic heterocycles. The summed E-state index contributed by atoms with van der Waals surface area (Å²) in [4.78, 5) is 23.5. The Bertz CT molecular complexity index is 709. The van der Waals surface area contributed by atoms with E-state index in [1.807, 2.05) is 26.2 Å². The van der Waals surface area contributed by atoms with Gasteiger partial charge in [0.05, 0.1) is 5.92 Å². The van der Waals surface area contributed by atoms with Crippen molar-refractivity contribution in [3.05, 3.63) is 42.2 Å². The molecule has 3 rings (SSSR count). The van der Waals surface area contributed by atoms with Crippen LogP contribution in [0.15, 0.2) is 36.7 Å². The molecular weight excluding hydrogens is 312 g/mol. The van der Waals surface area contributed by atoms with Crippen LogP contribution in [0.3, 0.4) is 0 Å². The van der Waals surface area contributed by atoms with Crippen molar-refractivity contribution >= 4 is 11.9 Å². The number of piperidine rings is 1. The third-order valence-corrected chi connectivity index (χ3v) is 4.53. The van der Waals surface area contributed by atoms with Gasteiger partial charge in [0.2, 0.25) is 11.9 Å². The number of nitrogens with one attached hydrogen (secondary N) is 1. The molecule has 0 saturated carbocycles. The standard InChI is InChI=1S/C20H26N4O/c1-14(2)23-19(25)17-5-4-10-24(13-17)20-21-11-18(12-22-20)16-8-6-15(3)7-9-16/h6-9,11-12,14,17H,4-5,10,13H2,1-3H3,(H,23,25). The number of benzene rings is 1. The Morgan fingerprint density at radius 2 is 1.84 bits per heavy atom. The largest absolute Gasteiger partial charge is 0.354 e. The molecule has 1 unspecified atom stereocenters. The highest BCUT2D eigenvalue weighted by Gasteiger charge is 2.27. The molecule has 0 bridgehead atoms. The van der Waals surface area contributed by atoms with Crippen molar-refractivity contribution in [3.8, 4) is 11.1 Å². The lowest BCUT2D eigenvalue weighted by molar-refractivity contribution is -0.125. The summed E-state index contributed by atoms with van der Waals surface area (Å²) in [6, 6.07) is 8.52. The lowest BCUT2D eigenvalue weighted by Gasteiger charge is -2.32. The van der Waals surface area contributed by atoms with E-state index in [2.05, 4.69) is 51.4 Å². The zero-order chi connectivity index (χ0) is 17.8. The van der Waals surface area contributed by atoms with E-state index in [4.69, 9.17) is 0 Å². The van der Waals surface area contributed by atoms with Crippen LogP contribution in [0.5, 0.6) is 0 Å². The van der Waals surface area contributed by atoms with Crippen molar-refractivity contribution in [2.24, 2.45) is 5.92 Å². The summed E-state index contributed by atoms with van der Waals surface area (Å²) in [6.45, 7) is 7.64. The Labute approximate surface area is 149 Å². The lowest BCUT2D eigenvalue weighted by atomic mass is 9.97. The van der Waals surface area contributed by atoms with Gasteiger partial charge in [-0.05, 0) is 39.2 Å². The number of aryl methyl sites for hydroxylation is 1. The van der Waals surface area contributed by atoms with Crippen molar-refractivity contribution in [2.75, 3.05) is 18.0 Å². The van der Waals surface area contributed by atoms with Crippen LogP contribution in [-0.2, 0) is 4.79 Å². The first-order valence-electron chi connectivity index (χ1n) is 8.97. The van der Waals surface area contributed by atoms with E-state index in [9.17, 15) is 4.79 Å². The summed E-state index contributed by atoms with van der Waals surface area (Å²) in [7, 11) is 0. The molecule has 1 N–H and O–H groups in total. The molecule has 1 atom stereocenters. The lowest BCUT2D eigenvalue weighted by Crippen LogP contribution is -2.45. The molecule has 1 fully saturated rings. The Morgan fingerprint density at radius 1 is 1.16 bits per heavy atom. The minimum Gasteiger partial charge on any atom is -0.354 e. The maximum absolute atomic E-state index is 12.3. The number of anilines is 1. The third kappa shape index (κ3) is 4.35. The minimum absolute atomic E-state index is 0.0107. The van der Waals surface area contributed by atoms with E-state index in [1.165, 1.54) is 5.56 Å². The molecule has 0 aliphatic carbocycles. The second kappa shape index (κ2) is 7.64. The molecule has 25 heavy (non-hydrogen) atoms. The van der Waals surface area contributed by atoms with E-state index in [0.717, 1.165) is 30.5 Å². The summed E-state index contributed by atoms with van der Waals surface area (Å²) in [5, 5.41) is 3.01. The van der Waals surface area contributed by atoms with Crippen LogP contribution in [0.2, 0.25) is 0 Å². The quantitative estimate of drug-likeness (QED) is 0.930. The fourth-order valence-corrected chi connectivity index (χ4v) is 3.15. The Hall–Kier alpha value is -2.43. The van der Waals surface area contributed by atoms with Crippen molar-refractivity contribution < 1.29 is 4.79 Å². The van der Waals surface area contributed by atoms with Gasteiger partial charge in [0, 0.05) is 37.1 Å². The van der Waals surface area contributed by atoms with Crippen LogP contribution in [0, 0.1) is 12.8 Å². The zero-order valence-electron chi connectivity index (χ0n) is 15.2. The molecule has 2 heterocycles. The Balaban J connectivity index is 1.69. The maximum atomic E-state index is 12.3. The van der Waals surface area contributed by atoms with Gasteiger partial charge in [-0.15, -0.1) is 0 Å². The highest BCUT2D eigenvalue weighted by Crippen LogP contribution is 2.23. The minimum atomic E-state index is 0.0107. The molecule has 132 valence electrons. The zero-order valence-corrected chi connectivity index (χ0v) is 15.2. The van der Waals surface area contributed by atoms with Gasteiger partial charge in [-0.1, -0.05) is 29.8 Å². The van der Waals surface area contributed by atoms with E-state index in [0.29, 0.717) is 12.5 Å². The number of nitrogens with zero attached hydrogens (tertiary/aromatic N) is 3. The Morgan fingerprint density at radius 3 is 2.48 bits per heavy atom. The molecule has 0 spiro atoms. The monoisotopic (exact) mass is 338 g/mol. The highest BCUT2D eigenvalue weighted by molar-refractivity contribution is 5.79. The summed E-state index contributed by atoms with van der Waals surface area (Å²) < 4.78 is 0. The first-order valence-corrected chi connectivity index (χ1v) is 8.97. The third-order valence-electron chi connectivity index (χ3n) is 4.53. The summed E-state index contributed by atoms with van der Waals surface area (Å²) in [6.07, 6.45) is 5.64. The van der Waals surface area contributed by atoms with E-state index >= 15 is 0 Å². The molecule has 5 nitrogen and oxygen atoms in total. The van der Waals surface area contributed by atoms with Gasteiger partial charge in [0.15, 0.2) is 0 Å². The van der Waals surface area contributed by atoms with Crippen LogP contribution < -0.4 is 10.2 Å². The Kier molecular flexibility index (Phi) is 5.31. The summed E-state index contributed by atoms with van der Waals surface area (Å²) >= 11 is 0. The van der Waals surface area contributed by atoms with E-state index in [-0.39, 0.29) is 17.9 Å². The van der Waals surface area contributed by atoms with Gasteiger partial charge in [-0.25, -0.2) is 9.97 Å². The smallest absolute Gasteiger partial charge is 0.225 e. The molecule has 1 aliphatic heterocycles. The number of carbonyl (C=O) groups excluding carboxylic acids is 1. The number of aromatic nitrogens is 2. The molecule has 1 saturated heterocycles. The van der Waals surface area contributed by atoms with Gasteiger partial charge in [-0.2, -0.15) is 0 Å². The molecule has 5 heteroatoms. The number of hydrogen-bond acceptors (Lipinski definition) is 4. The first kappa shape index (κ1) is 17.4. The fraction of sp³-hybridized carbons (Fsp3) is 0.450. The number of carbonyl (C=O) groups is 1. The topological polar surface area (TPSA) is 58.1 Å². The van der Waals surface area contributed by atoms with Gasteiger partial charge < -0.3 is 10.2 Å². The average molecular weight is 338 g/mol.